The second kappa shape index (κ2) is 4.95. The molecule has 2 aromatic rings. The van der Waals surface area contributed by atoms with Gasteiger partial charge in [0.1, 0.15) is 5.82 Å². The molecule has 1 heterocycles. The number of anilines is 1. The Kier molecular flexibility index (Phi) is 3.24. The summed E-state index contributed by atoms with van der Waals surface area (Å²) in [7, 11) is 0. The van der Waals surface area contributed by atoms with E-state index < -0.39 is 11.7 Å². The fourth-order valence-electron chi connectivity index (χ4n) is 2.29. The molecule has 1 nitrogen and oxygen atoms in total. The number of alkyl halides is 3. The molecule has 1 aliphatic rings. The average molecular weight is 291 g/mol. The molecule has 0 fully saturated rings. The van der Waals surface area contributed by atoms with Crippen LogP contribution in [0.15, 0.2) is 48.4 Å². The summed E-state index contributed by atoms with van der Waals surface area (Å²) in [5.41, 5.74) is 1.48. The Hall–Kier alpha value is -2.24. The normalized spacial score (nSPS) is 13.8. The van der Waals surface area contributed by atoms with E-state index in [1.54, 1.807) is 6.07 Å². The Bertz CT molecular complexity index is 692. The van der Waals surface area contributed by atoms with Crippen LogP contribution < -0.4 is 10.7 Å². The molecule has 0 radical (unpaired) electrons. The summed E-state index contributed by atoms with van der Waals surface area (Å²) in [6, 6.07) is 9.33. The third kappa shape index (κ3) is 2.79. The number of rotatable bonds is 1. The smallest absolute Gasteiger partial charge is 0.416 e. The fraction of sp³-hybridized carbons (Fsp3) is 0.0667. The molecular formula is C15H10BF4N. The van der Waals surface area contributed by atoms with Crippen LogP contribution in [0.25, 0.3) is 6.08 Å². The van der Waals surface area contributed by atoms with E-state index in [9.17, 15) is 17.6 Å². The molecule has 0 bridgehead atoms. The van der Waals surface area contributed by atoms with Crippen molar-refractivity contribution in [2.45, 2.75) is 6.18 Å². The minimum absolute atomic E-state index is 0.276. The molecule has 0 amide bonds. The molecule has 0 aliphatic carbocycles. The molecule has 1 aliphatic heterocycles. The molecule has 3 rings (SSSR count). The zero-order valence-corrected chi connectivity index (χ0v) is 10.8. The standard InChI is InChI=1S/C15H10BF4N/c17-13-6-1-10-7-8-16(21-14(10)9-13)12-4-2-11(3-5-12)15(18,19)20/h1-9,21H. The first-order valence-electron chi connectivity index (χ1n) is 6.35. The summed E-state index contributed by atoms with van der Waals surface area (Å²) < 4.78 is 50.8. The summed E-state index contributed by atoms with van der Waals surface area (Å²) in [5, 5.41) is 3.10. The summed E-state index contributed by atoms with van der Waals surface area (Å²) in [4.78, 5) is 0. The van der Waals surface area contributed by atoms with E-state index in [4.69, 9.17) is 0 Å². The molecule has 0 atom stereocenters. The van der Waals surface area contributed by atoms with E-state index in [-0.39, 0.29) is 12.7 Å². The summed E-state index contributed by atoms with van der Waals surface area (Å²) in [6.45, 7) is -0.276. The van der Waals surface area contributed by atoms with Gasteiger partial charge in [-0.3, -0.25) is 0 Å². The first-order chi connectivity index (χ1) is 9.93. The predicted octanol–water partition coefficient (Wildman–Crippen LogP) is 3.72. The molecule has 0 unspecified atom stereocenters. The second-order valence-corrected chi connectivity index (χ2v) is 4.83. The number of fused-ring (bicyclic) bond motifs is 1. The molecule has 0 spiro atoms. The highest BCUT2D eigenvalue weighted by Gasteiger charge is 2.30. The van der Waals surface area contributed by atoms with Crippen molar-refractivity contribution in [2.24, 2.45) is 0 Å². The summed E-state index contributed by atoms with van der Waals surface area (Å²) in [5.74, 6) is 1.48. The van der Waals surface area contributed by atoms with E-state index >= 15 is 0 Å². The molecule has 0 aromatic heterocycles. The largest absolute Gasteiger partial charge is 0.420 e. The van der Waals surface area contributed by atoms with Crippen LogP contribution in [0.3, 0.4) is 0 Å². The van der Waals surface area contributed by atoms with Gasteiger partial charge in [-0.15, -0.1) is 0 Å². The van der Waals surface area contributed by atoms with Gasteiger partial charge >= 0.3 is 13.0 Å². The lowest BCUT2D eigenvalue weighted by Crippen LogP contribution is -2.38. The quantitative estimate of drug-likeness (QED) is 0.623. The lowest BCUT2D eigenvalue weighted by Gasteiger charge is -2.20. The van der Waals surface area contributed by atoms with E-state index in [2.05, 4.69) is 5.23 Å². The SMILES string of the molecule is Fc1ccc2c(c1)NB(c1ccc(C(F)(F)F)cc1)C=C2. The maximum Gasteiger partial charge on any atom is 0.416 e. The first-order valence-corrected chi connectivity index (χ1v) is 6.35. The van der Waals surface area contributed by atoms with Gasteiger partial charge in [0.2, 0.25) is 0 Å². The third-order valence-corrected chi connectivity index (χ3v) is 3.39. The minimum Gasteiger partial charge on any atom is -0.420 e. The lowest BCUT2D eigenvalue weighted by molar-refractivity contribution is -0.137. The Morgan fingerprint density at radius 2 is 1.67 bits per heavy atom. The van der Waals surface area contributed by atoms with Crippen LogP contribution in [0, 0.1) is 5.82 Å². The Labute approximate surface area is 119 Å². The Balaban J connectivity index is 1.86. The van der Waals surface area contributed by atoms with Gasteiger partial charge in [0.15, 0.2) is 0 Å². The second-order valence-electron chi connectivity index (χ2n) is 4.83. The fourth-order valence-corrected chi connectivity index (χ4v) is 2.29. The van der Waals surface area contributed by atoms with Gasteiger partial charge in [-0.25, -0.2) is 4.39 Å². The highest BCUT2D eigenvalue weighted by atomic mass is 19.4. The minimum atomic E-state index is -4.34. The molecule has 0 saturated carbocycles. The Morgan fingerprint density at radius 1 is 0.952 bits per heavy atom. The van der Waals surface area contributed by atoms with Gasteiger partial charge in [-0.05, 0) is 17.7 Å². The van der Waals surface area contributed by atoms with Crippen LogP contribution in [-0.4, -0.2) is 6.85 Å². The number of nitrogens with one attached hydrogen (secondary N) is 1. The van der Waals surface area contributed by atoms with Crippen LogP contribution in [0.1, 0.15) is 11.1 Å². The first kappa shape index (κ1) is 13.7. The van der Waals surface area contributed by atoms with Gasteiger partial charge in [-0.2, -0.15) is 13.2 Å². The van der Waals surface area contributed by atoms with Gasteiger partial charge in [0, 0.05) is 5.69 Å². The van der Waals surface area contributed by atoms with Crippen LogP contribution in [-0.2, 0) is 6.18 Å². The molecule has 0 saturated heterocycles. The lowest BCUT2D eigenvalue weighted by atomic mass is 9.54. The average Bonchev–Trinajstić information content (AvgIpc) is 2.45. The highest BCUT2D eigenvalue weighted by molar-refractivity contribution is 6.81. The Morgan fingerprint density at radius 3 is 2.33 bits per heavy atom. The zero-order valence-electron chi connectivity index (χ0n) is 10.8. The molecule has 6 heteroatoms. The number of hydrogen-bond acceptors (Lipinski definition) is 1. The van der Waals surface area contributed by atoms with Crippen LogP contribution >= 0.6 is 0 Å². The topological polar surface area (TPSA) is 12.0 Å². The summed E-state index contributed by atoms with van der Waals surface area (Å²) >= 11 is 0. The number of hydrogen-bond donors (Lipinski definition) is 1. The highest BCUT2D eigenvalue weighted by Crippen LogP contribution is 2.28. The van der Waals surface area contributed by atoms with Crippen molar-refractivity contribution in [3.05, 3.63) is 65.4 Å². The monoisotopic (exact) mass is 291 g/mol. The molecule has 1 N–H and O–H groups in total. The molecule has 2 aromatic carbocycles. The predicted molar refractivity (Wildman–Crippen MR) is 75.9 cm³/mol. The number of halogens is 4. The van der Waals surface area contributed by atoms with Crippen molar-refractivity contribution in [3.63, 3.8) is 0 Å². The van der Waals surface area contributed by atoms with Gasteiger partial charge < -0.3 is 5.23 Å². The number of benzene rings is 2. The van der Waals surface area contributed by atoms with Gasteiger partial charge in [0.25, 0.3) is 0 Å². The van der Waals surface area contributed by atoms with Crippen molar-refractivity contribution in [1.29, 1.82) is 0 Å². The van der Waals surface area contributed by atoms with Crippen molar-refractivity contribution in [1.82, 2.24) is 0 Å². The van der Waals surface area contributed by atoms with Gasteiger partial charge in [-0.1, -0.05) is 47.8 Å². The van der Waals surface area contributed by atoms with Crippen LogP contribution in [0.4, 0.5) is 23.2 Å². The molecule has 21 heavy (non-hydrogen) atoms. The maximum absolute atomic E-state index is 13.2. The molecular weight excluding hydrogens is 281 g/mol. The van der Waals surface area contributed by atoms with Crippen molar-refractivity contribution < 1.29 is 17.6 Å². The van der Waals surface area contributed by atoms with Gasteiger partial charge in [0.05, 0.1) is 5.56 Å². The summed E-state index contributed by atoms with van der Waals surface area (Å²) in [6.07, 6.45) is -2.52. The van der Waals surface area contributed by atoms with E-state index in [1.807, 2.05) is 12.1 Å². The maximum atomic E-state index is 13.2. The van der Waals surface area contributed by atoms with E-state index in [0.717, 1.165) is 17.7 Å². The van der Waals surface area contributed by atoms with Crippen molar-refractivity contribution in [2.75, 3.05) is 5.23 Å². The van der Waals surface area contributed by atoms with Crippen molar-refractivity contribution >= 4 is 24.1 Å². The third-order valence-electron chi connectivity index (χ3n) is 3.39. The zero-order chi connectivity index (χ0) is 15.0. The van der Waals surface area contributed by atoms with E-state index in [1.165, 1.54) is 24.3 Å². The van der Waals surface area contributed by atoms with Crippen LogP contribution in [0.5, 0.6) is 0 Å². The van der Waals surface area contributed by atoms with Crippen LogP contribution in [0.2, 0.25) is 0 Å². The van der Waals surface area contributed by atoms with E-state index in [0.29, 0.717) is 11.2 Å². The molecule has 106 valence electrons. The van der Waals surface area contributed by atoms with Crippen molar-refractivity contribution in [3.8, 4) is 0 Å².